The number of benzene rings is 2. The molecule has 0 aromatic heterocycles. The third-order valence-electron chi connectivity index (χ3n) is 4.24. The van der Waals surface area contributed by atoms with Gasteiger partial charge in [-0.05, 0) is 49.6 Å². The molecular weight excluding hydrogens is 371 g/mol. The van der Waals surface area contributed by atoms with Crippen molar-refractivity contribution >= 4 is 27.5 Å². The van der Waals surface area contributed by atoms with Gasteiger partial charge in [-0.2, -0.15) is 0 Å². The fraction of sp³-hybridized carbons (Fsp3) is 0.316. The quantitative estimate of drug-likeness (QED) is 0.744. The Hall–Kier alpha value is -1.72. The summed E-state index contributed by atoms with van der Waals surface area (Å²) in [7, 11) is 0. The predicted molar refractivity (Wildman–Crippen MR) is 97.2 cm³/mol. The molecule has 3 nitrogen and oxygen atoms in total. The van der Waals surface area contributed by atoms with Crippen LogP contribution in [-0.2, 0) is 11.3 Å². The van der Waals surface area contributed by atoms with E-state index in [1.807, 2.05) is 37.3 Å². The Morgan fingerprint density at radius 1 is 1.25 bits per heavy atom. The number of halogens is 2. The third kappa shape index (κ3) is 4.42. The molecule has 0 spiro atoms. The standard InChI is InChI=1S/C19H20BrFN2O/c1-12(22-11-15-4-7-16(20)10-18(15)21)13-5-8-17(9-6-13)23-19(24)14-2-3-14/h4-10,12,14,22H,2-3,11H2,1H3,(H,23,24)/t12-/m1/s1. The third-order valence-corrected chi connectivity index (χ3v) is 4.73. The SMILES string of the molecule is C[C@@H](NCc1ccc(Br)cc1F)c1ccc(NC(=O)C2CC2)cc1. The average Bonchev–Trinajstić information content (AvgIpc) is 3.39. The number of nitrogens with one attached hydrogen (secondary N) is 2. The van der Waals surface area contributed by atoms with Crippen molar-refractivity contribution in [3.8, 4) is 0 Å². The summed E-state index contributed by atoms with van der Waals surface area (Å²) in [6.07, 6.45) is 2.00. The highest BCUT2D eigenvalue weighted by molar-refractivity contribution is 9.10. The van der Waals surface area contributed by atoms with Crippen LogP contribution in [0.3, 0.4) is 0 Å². The monoisotopic (exact) mass is 390 g/mol. The maximum absolute atomic E-state index is 13.8. The second-order valence-corrected chi connectivity index (χ2v) is 7.14. The molecule has 1 fully saturated rings. The largest absolute Gasteiger partial charge is 0.326 e. The summed E-state index contributed by atoms with van der Waals surface area (Å²) >= 11 is 3.26. The molecule has 126 valence electrons. The first-order chi connectivity index (χ1) is 11.5. The van der Waals surface area contributed by atoms with Gasteiger partial charge in [0.15, 0.2) is 0 Å². The summed E-state index contributed by atoms with van der Waals surface area (Å²) < 4.78 is 14.6. The van der Waals surface area contributed by atoms with Gasteiger partial charge >= 0.3 is 0 Å². The zero-order valence-corrected chi connectivity index (χ0v) is 15.1. The second kappa shape index (κ2) is 7.45. The molecule has 0 unspecified atom stereocenters. The van der Waals surface area contributed by atoms with Crippen LogP contribution in [0.25, 0.3) is 0 Å². The van der Waals surface area contributed by atoms with Gasteiger partial charge in [0.05, 0.1) is 0 Å². The Balaban J connectivity index is 1.56. The molecule has 1 amide bonds. The van der Waals surface area contributed by atoms with Gasteiger partial charge in [-0.25, -0.2) is 4.39 Å². The molecule has 0 saturated heterocycles. The molecule has 1 aliphatic carbocycles. The molecule has 5 heteroatoms. The zero-order chi connectivity index (χ0) is 17.1. The Kier molecular flexibility index (Phi) is 5.31. The number of carbonyl (C=O) groups is 1. The highest BCUT2D eigenvalue weighted by Gasteiger charge is 2.29. The molecule has 1 atom stereocenters. The Morgan fingerprint density at radius 3 is 2.58 bits per heavy atom. The summed E-state index contributed by atoms with van der Waals surface area (Å²) in [4.78, 5) is 11.7. The van der Waals surface area contributed by atoms with Crippen LogP contribution < -0.4 is 10.6 Å². The van der Waals surface area contributed by atoms with Crippen molar-refractivity contribution in [1.29, 1.82) is 0 Å². The molecule has 2 aromatic carbocycles. The van der Waals surface area contributed by atoms with Gasteiger partial charge < -0.3 is 10.6 Å². The van der Waals surface area contributed by atoms with Crippen molar-refractivity contribution in [1.82, 2.24) is 5.32 Å². The van der Waals surface area contributed by atoms with Crippen molar-refractivity contribution < 1.29 is 9.18 Å². The maximum Gasteiger partial charge on any atom is 0.227 e. The minimum atomic E-state index is -0.220. The van der Waals surface area contributed by atoms with Crippen LogP contribution in [-0.4, -0.2) is 5.91 Å². The molecule has 0 aliphatic heterocycles. The number of amides is 1. The summed E-state index contributed by atoms with van der Waals surface area (Å²) in [5.74, 6) is 0.0907. The van der Waals surface area contributed by atoms with Gasteiger partial charge in [0.25, 0.3) is 0 Å². The van der Waals surface area contributed by atoms with E-state index in [2.05, 4.69) is 26.6 Å². The lowest BCUT2D eigenvalue weighted by Crippen LogP contribution is -2.19. The molecule has 2 N–H and O–H groups in total. The van der Waals surface area contributed by atoms with Crippen LogP contribution in [0.15, 0.2) is 46.9 Å². The van der Waals surface area contributed by atoms with Crippen molar-refractivity contribution in [2.45, 2.75) is 32.4 Å². The minimum absolute atomic E-state index is 0.0845. The number of anilines is 1. The van der Waals surface area contributed by atoms with Gasteiger partial charge in [-0.1, -0.05) is 34.1 Å². The van der Waals surface area contributed by atoms with Crippen LogP contribution in [0, 0.1) is 11.7 Å². The molecule has 1 aliphatic rings. The van der Waals surface area contributed by atoms with Crippen LogP contribution in [0.2, 0.25) is 0 Å². The first kappa shape index (κ1) is 17.1. The van der Waals surface area contributed by atoms with Gasteiger partial charge in [0, 0.05) is 34.2 Å². The maximum atomic E-state index is 13.8. The lowest BCUT2D eigenvalue weighted by molar-refractivity contribution is -0.117. The number of hydrogen-bond acceptors (Lipinski definition) is 2. The highest BCUT2D eigenvalue weighted by Crippen LogP contribution is 2.30. The van der Waals surface area contributed by atoms with Crippen molar-refractivity contribution in [3.05, 3.63) is 63.9 Å². The summed E-state index contributed by atoms with van der Waals surface area (Å²) in [5, 5.41) is 6.25. The van der Waals surface area contributed by atoms with Crippen LogP contribution in [0.4, 0.5) is 10.1 Å². The molecular formula is C19H20BrFN2O. The van der Waals surface area contributed by atoms with E-state index >= 15 is 0 Å². The Morgan fingerprint density at radius 2 is 1.96 bits per heavy atom. The zero-order valence-electron chi connectivity index (χ0n) is 13.5. The van der Waals surface area contributed by atoms with E-state index in [4.69, 9.17) is 0 Å². The molecule has 1 saturated carbocycles. The second-order valence-electron chi connectivity index (χ2n) is 6.22. The molecule has 0 bridgehead atoms. The van der Waals surface area contributed by atoms with Gasteiger partial charge in [-0.15, -0.1) is 0 Å². The fourth-order valence-corrected chi connectivity index (χ4v) is 2.82. The topological polar surface area (TPSA) is 41.1 Å². The molecule has 2 aromatic rings. The van der Waals surface area contributed by atoms with Crippen molar-refractivity contribution in [2.24, 2.45) is 5.92 Å². The van der Waals surface area contributed by atoms with E-state index in [9.17, 15) is 9.18 Å². The summed E-state index contributed by atoms with van der Waals surface area (Å²) in [5.41, 5.74) is 2.55. The lowest BCUT2D eigenvalue weighted by Gasteiger charge is -2.15. The first-order valence-corrected chi connectivity index (χ1v) is 8.90. The number of carbonyl (C=O) groups excluding carboxylic acids is 1. The highest BCUT2D eigenvalue weighted by atomic mass is 79.9. The van der Waals surface area contributed by atoms with Crippen LogP contribution >= 0.6 is 15.9 Å². The van der Waals surface area contributed by atoms with Crippen LogP contribution in [0.1, 0.15) is 36.9 Å². The van der Waals surface area contributed by atoms with E-state index in [0.29, 0.717) is 12.1 Å². The summed E-state index contributed by atoms with van der Waals surface area (Å²) in [6.45, 7) is 2.50. The number of hydrogen-bond donors (Lipinski definition) is 2. The average molecular weight is 391 g/mol. The van der Waals surface area contributed by atoms with E-state index in [1.54, 1.807) is 6.07 Å². The van der Waals surface area contributed by atoms with E-state index < -0.39 is 0 Å². The lowest BCUT2D eigenvalue weighted by atomic mass is 10.1. The van der Waals surface area contributed by atoms with Crippen LogP contribution in [0.5, 0.6) is 0 Å². The minimum Gasteiger partial charge on any atom is -0.326 e. The van der Waals surface area contributed by atoms with E-state index in [0.717, 1.165) is 28.6 Å². The smallest absolute Gasteiger partial charge is 0.227 e. The number of rotatable bonds is 6. The van der Waals surface area contributed by atoms with Gasteiger partial charge in [0.2, 0.25) is 5.91 Å². The van der Waals surface area contributed by atoms with E-state index in [-0.39, 0.29) is 23.7 Å². The van der Waals surface area contributed by atoms with Crippen molar-refractivity contribution in [2.75, 3.05) is 5.32 Å². The van der Waals surface area contributed by atoms with Gasteiger partial charge in [-0.3, -0.25) is 4.79 Å². The summed E-state index contributed by atoms with van der Waals surface area (Å²) in [6, 6.07) is 13.0. The Bertz CT molecular complexity index is 729. The molecule has 3 rings (SSSR count). The van der Waals surface area contributed by atoms with Crippen molar-refractivity contribution in [3.63, 3.8) is 0 Å². The van der Waals surface area contributed by atoms with E-state index in [1.165, 1.54) is 6.07 Å². The predicted octanol–water partition coefficient (Wildman–Crippen LogP) is 4.79. The Labute approximate surface area is 149 Å². The first-order valence-electron chi connectivity index (χ1n) is 8.11. The fourth-order valence-electron chi connectivity index (χ4n) is 2.49. The normalized spacial score (nSPS) is 15.1. The molecule has 0 radical (unpaired) electrons. The molecule has 0 heterocycles. The molecule has 24 heavy (non-hydrogen) atoms. The van der Waals surface area contributed by atoms with Gasteiger partial charge in [0.1, 0.15) is 5.82 Å².